The van der Waals surface area contributed by atoms with E-state index in [9.17, 15) is 14.7 Å². The van der Waals surface area contributed by atoms with Gasteiger partial charge in [0, 0.05) is 6.54 Å². The van der Waals surface area contributed by atoms with Gasteiger partial charge in [-0.15, -0.1) is 0 Å². The molecule has 2 bridgehead atoms. The van der Waals surface area contributed by atoms with Gasteiger partial charge in [0.2, 0.25) is 5.91 Å². The van der Waals surface area contributed by atoms with Gasteiger partial charge in [-0.1, -0.05) is 42.5 Å². The summed E-state index contributed by atoms with van der Waals surface area (Å²) in [6, 6.07) is 9.97. The number of likely N-dealkylation sites (tertiary alicyclic amines) is 1. The molecular formula is C17H17NO4. The molecule has 1 N–H and O–H groups in total. The van der Waals surface area contributed by atoms with E-state index in [1.807, 2.05) is 36.4 Å². The maximum absolute atomic E-state index is 12.7. The minimum absolute atomic E-state index is 0.0878. The number of benzene rings is 1. The number of amides is 1. The molecule has 0 saturated carbocycles. The predicted molar refractivity (Wildman–Crippen MR) is 78.1 cm³/mol. The zero-order valence-electron chi connectivity index (χ0n) is 12.0. The van der Waals surface area contributed by atoms with E-state index in [-0.39, 0.29) is 5.91 Å². The van der Waals surface area contributed by atoms with Crippen LogP contribution in [0.25, 0.3) is 0 Å². The first-order valence-corrected chi connectivity index (χ1v) is 7.53. The number of carbonyl (C=O) groups is 2. The summed E-state index contributed by atoms with van der Waals surface area (Å²) in [5.74, 6) is -2.36. The normalized spacial score (nSPS) is 35.2. The lowest BCUT2D eigenvalue weighted by Gasteiger charge is -2.21. The van der Waals surface area contributed by atoms with Gasteiger partial charge in [-0.3, -0.25) is 9.59 Å². The van der Waals surface area contributed by atoms with E-state index in [4.69, 9.17) is 4.74 Å². The van der Waals surface area contributed by atoms with Crippen molar-refractivity contribution < 1.29 is 19.4 Å². The summed E-state index contributed by atoms with van der Waals surface area (Å²) in [5.41, 5.74) is 0.446. The van der Waals surface area contributed by atoms with Gasteiger partial charge in [-0.25, -0.2) is 0 Å². The van der Waals surface area contributed by atoms with Crippen molar-refractivity contribution in [1.82, 2.24) is 4.90 Å². The van der Waals surface area contributed by atoms with Crippen molar-refractivity contribution in [2.75, 3.05) is 13.1 Å². The molecule has 22 heavy (non-hydrogen) atoms. The molecule has 2 saturated heterocycles. The summed E-state index contributed by atoms with van der Waals surface area (Å²) < 4.78 is 5.86. The summed E-state index contributed by atoms with van der Waals surface area (Å²) in [6.45, 7) is 1.05. The largest absolute Gasteiger partial charge is 0.481 e. The second-order valence-electron chi connectivity index (χ2n) is 6.23. The quantitative estimate of drug-likeness (QED) is 0.845. The average molecular weight is 299 g/mol. The molecule has 114 valence electrons. The molecule has 5 heteroatoms. The monoisotopic (exact) mass is 299 g/mol. The minimum Gasteiger partial charge on any atom is -0.481 e. The highest BCUT2D eigenvalue weighted by molar-refractivity contribution is 5.90. The molecule has 5 nitrogen and oxygen atoms in total. The van der Waals surface area contributed by atoms with Crippen LogP contribution in [-0.4, -0.2) is 46.7 Å². The summed E-state index contributed by atoms with van der Waals surface area (Å²) >= 11 is 0. The first kappa shape index (κ1) is 13.5. The number of fused-ring (bicyclic) bond motifs is 1. The second-order valence-corrected chi connectivity index (χ2v) is 6.23. The van der Waals surface area contributed by atoms with Crippen LogP contribution in [0.5, 0.6) is 0 Å². The maximum Gasteiger partial charge on any atom is 0.310 e. The predicted octanol–water partition coefficient (Wildman–Crippen LogP) is 1.10. The molecule has 2 fully saturated rings. The lowest BCUT2D eigenvalue weighted by Crippen LogP contribution is -2.39. The molecule has 1 spiro atoms. The van der Waals surface area contributed by atoms with Crippen molar-refractivity contribution in [2.24, 2.45) is 11.8 Å². The third kappa shape index (κ3) is 1.82. The Bertz CT molecular complexity index is 656. The SMILES string of the molecule is O=C(O)[C@@H]1[C@@H]2C=C[C@@]3(CN(CCc4ccccc4)C(=O)[C@@H]13)O2. The number of rotatable bonds is 4. The molecular weight excluding hydrogens is 282 g/mol. The molecule has 0 aliphatic carbocycles. The molecule has 1 amide bonds. The lowest BCUT2D eigenvalue weighted by molar-refractivity contribution is -0.148. The zero-order valence-corrected chi connectivity index (χ0v) is 12.0. The Balaban J connectivity index is 1.53. The van der Waals surface area contributed by atoms with Gasteiger partial charge in [0.15, 0.2) is 0 Å². The van der Waals surface area contributed by atoms with Gasteiger partial charge in [-0.2, -0.15) is 0 Å². The molecule has 0 radical (unpaired) electrons. The smallest absolute Gasteiger partial charge is 0.310 e. The van der Waals surface area contributed by atoms with Gasteiger partial charge in [0.1, 0.15) is 11.5 Å². The minimum atomic E-state index is -0.945. The number of carboxylic acid groups (broad SMARTS) is 1. The van der Waals surface area contributed by atoms with E-state index < -0.39 is 29.5 Å². The van der Waals surface area contributed by atoms with Gasteiger partial charge < -0.3 is 14.7 Å². The summed E-state index contributed by atoms with van der Waals surface area (Å²) in [4.78, 5) is 25.9. The topological polar surface area (TPSA) is 66.8 Å². The van der Waals surface area contributed by atoms with Crippen LogP contribution in [0.15, 0.2) is 42.5 Å². The van der Waals surface area contributed by atoms with E-state index in [0.717, 1.165) is 6.42 Å². The maximum atomic E-state index is 12.7. The van der Waals surface area contributed by atoms with Gasteiger partial charge in [0.05, 0.1) is 18.6 Å². The van der Waals surface area contributed by atoms with Crippen LogP contribution in [0.4, 0.5) is 0 Å². The zero-order chi connectivity index (χ0) is 15.3. The summed E-state index contributed by atoms with van der Waals surface area (Å²) in [5, 5.41) is 9.41. The highest BCUT2D eigenvalue weighted by Gasteiger charge is 2.66. The van der Waals surface area contributed by atoms with Crippen molar-refractivity contribution in [2.45, 2.75) is 18.1 Å². The number of nitrogens with zero attached hydrogens (tertiary/aromatic N) is 1. The van der Waals surface area contributed by atoms with Crippen molar-refractivity contribution >= 4 is 11.9 Å². The van der Waals surface area contributed by atoms with E-state index in [0.29, 0.717) is 13.1 Å². The van der Waals surface area contributed by atoms with Crippen LogP contribution in [0.2, 0.25) is 0 Å². The van der Waals surface area contributed by atoms with Crippen LogP contribution in [-0.2, 0) is 20.7 Å². The number of carbonyl (C=O) groups excluding carboxylic acids is 1. The molecule has 0 aromatic heterocycles. The molecule has 3 heterocycles. The summed E-state index contributed by atoms with van der Waals surface area (Å²) in [6.07, 6.45) is 3.99. The highest BCUT2D eigenvalue weighted by atomic mass is 16.5. The van der Waals surface area contributed by atoms with Gasteiger partial charge in [0.25, 0.3) is 0 Å². The first-order chi connectivity index (χ1) is 10.6. The fourth-order valence-electron chi connectivity index (χ4n) is 3.96. The fourth-order valence-corrected chi connectivity index (χ4v) is 3.96. The standard InChI is InChI=1S/C17H17NO4/c19-15-14-13(16(20)21)12-6-8-17(14,22-12)10-18(15)9-7-11-4-2-1-3-5-11/h1-6,8,12-14H,7,9-10H2,(H,20,21)/t12-,13+,14+,17-/m0/s1. The molecule has 3 aliphatic rings. The van der Waals surface area contributed by atoms with Gasteiger partial charge in [-0.05, 0) is 12.0 Å². The average Bonchev–Trinajstić information content (AvgIpc) is 3.14. The van der Waals surface area contributed by atoms with Crippen molar-refractivity contribution in [1.29, 1.82) is 0 Å². The number of hydrogen-bond acceptors (Lipinski definition) is 3. The highest BCUT2D eigenvalue weighted by Crippen LogP contribution is 2.51. The van der Waals surface area contributed by atoms with E-state index >= 15 is 0 Å². The molecule has 3 aliphatic heterocycles. The molecule has 0 unspecified atom stereocenters. The summed E-state index contributed by atoms with van der Waals surface area (Å²) in [7, 11) is 0. The third-order valence-corrected chi connectivity index (χ3v) is 4.98. The van der Waals surface area contributed by atoms with Crippen LogP contribution in [0.3, 0.4) is 0 Å². The number of hydrogen-bond donors (Lipinski definition) is 1. The molecule has 1 aromatic carbocycles. The van der Waals surface area contributed by atoms with Crippen LogP contribution in [0.1, 0.15) is 5.56 Å². The number of ether oxygens (including phenoxy) is 1. The molecule has 4 atom stereocenters. The van der Waals surface area contributed by atoms with Crippen molar-refractivity contribution in [3.63, 3.8) is 0 Å². The van der Waals surface area contributed by atoms with Crippen LogP contribution >= 0.6 is 0 Å². The third-order valence-electron chi connectivity index (χ3n) is 4.98. The van der Waals surface area contributed by atoms with Crippen molar-refractivity contribution in [3.05, 3.63) is 48.0 Å². The van der Waals surface area contributed by atoms with Crippen LogP contribution in [0, 0.1) is 11.8 Å². The van der Waals surface area contributed by atoms with E-state index in [1.54, 1.807) is 11.0 Å². The van der Waals surface area contributed by atoms with Crippen molar-refractivity contribution in [3.8, 4) is 0 Å². The van der Waals surface area contributed by atoms with E-state index in [1.165, 1.54) is 5.56 Å². The Morgan fingerprint density at radius 3 is 2.86 bits per heavy atom. The Labute approximate surface area is 128 Å². The second kappa shape index (κ2) is 4.68. The van der Waals surface area contributed by atoms with Gasteiger partial charge >= 0.3 is 5.97 Å². The van der Waals surface area contributed by atoms with E-state index in [2.05, 4.69) is 0 Å². The van der Waals surface area contributed by atoms with Crippen LogP contribution < -0.4 is 0 Å². The Kier molecular flexibility index (Phi) is 2.87. The lowest BCUT2D eigenvalue weighted by atomic mass is 9.77. The molecule has 4 rings (SSSR count). The fraction of sp³-hybridized carbons (Fsp3) is 0.412. The Hall–Kier alpha value is -2.14. The Morgan fingerprint density at radius 2 is 2.14 bits per heavy atom. The number of carboxylic acids is 1. The molecule has 1 aromatic rings. The first-order valence-electron chi connectivity index (χ1n) is 7.53. The Morgan fingerprint density at radius 1 is 1.36 bits per heavy atom. The number of aliphatic carboxylic acids is 1.